The molecule has 1 atom stereocenters. The lowest BCUT2D eigenvalue weighted by Crippen LogP contribution is -2.33. The molecule has 0 fully saturated rings. The van der Waals surface area contributed by atoms with Crippen molar-refractivity contribution in [3.63, 3.8) is 0 Å². The van der Waals surface area contributed by atoms with Crippen LogP contribution in [0.2, 0.25) is 5.02 Å². The topological polar surface area (TPSA) is 29.3 Å². The van der Waals surface area contributed by atoms with Gasteiger partial charge >= 0.3 is 0 Å². The van der Waals surface area contributed by atoms with Crippen LogP contribution < -0.4 is 10.6 Å². The van der Waals surface area contributed by atoms with Crippen molar-refractivity contribution >= 4 is 17.3 Å². The highest BCUT2D eigenvalue weighted by Crippen LogP contribution is 2.27. The maximum atomic E-state index is 6.01. The van der Waals surface area contributed by atoms with E-state index in [1.54, 1.807) is 0 Å². The van der Waals surface area contributed by atoms with E-state index in [1.165, 1.54) is 16.8 Å². The minimum Gasteiger partial charge on any atom is -0.363 e. The molecule has 2 aromatic rings. The second-order valence-corrected chi connectivity index (χ2v) is 5.36. The van der Waals surface area contributed by atoms with Crippen molar-refractivity contribution < 1.29 is 0 Å². The molecule has 2 N–H and O–H groups in total. The van der Waals surface area contributed by atoms with Gasteiger partial charge in [0.2, 0.25) is 0 Å². The third-order valence-corrected chi connectivity index (χ3v) is 3.81. The molecular weight excluding hydrogens is 268 g/mol. The molecule has 0 saturated carbocycles. The Morgan fingerprint density at radius 2 is 1.65 bits per heavy atom. The summed E-state index contributed by atoms with van der Waals surface area (Å²) in [5.41, 5.74) is 9.67. The zero-order chi connectivity index (χ0) is 14.5. The molecular formula is C17H21ClN2. The molecule has 106 valence electrons. The van der Waals surface area contributed by atoms with E-state index in [0.717, 1.165) is 11.6 Å². The van der Waals surface area contributed by atoms with Crippen LogP contribution in [-0.4, -0.2) is 13.1 Å². The Kier molecular flexibility index (Phi) is 5.05. The van der Waals surface area contributed by atoms with Gasteiger partial charge in [0.15, 0.2) is 0 Å². The average molecular weight is 289 g/mol. The van der Waals surface area contributed by atoms with Crippen molar-refractivity contribution in [2.75, 3.05) is 18.0 Å². The maximum Gasteiger partial charge on any atom is 0.0664 e. The zero-order valence-electron chi connectivity index (χ0n) is 12.0. The predicted molar refractivity (Wildman–Crippen MR) is 87.4 cm³/mol. The van der Waals surface area contributed by atoms with Crippen LogP contribution in [0.3, 0.4) is 0 Å². The highest BCUT2D eigenvalue weighted by molar-refractivity contribution is 6.30. The maximum absolute atomic E-state index is 6.01. The van der Waals surface area contributed by atoms with Gasteiger partial charge in [0, 0.05) is 23.8 Å². The smallest absolute Gasteiger partial charge is 0.0664 e. The number of anilines is 1. The number of rotatable bonds is 5. The van der Waals surface area contributed by atoms with Crippen LogP contribution in [0.25, 0.3) is 0 Å². The molecule has 2 aromatic carbocycles. The van der Waals surface area contributed by atoms with E-state index in [4.69, 9.17) is 17.3 Å². The number of hydrogen-bond donors (Lipinski definition) is 1. The lowest BCUT2D eigenvalue weighted by atomic mass is 10.0. The minimum absolute atomic E-state index is 0.167. The van der Waals surface area contributed by atoms with Crippen LogP contribution in [0, 0.1) is 6.92 Å². The molecule has 0 bridgehead atoms. The molecule has 1 unspecified atom stereocenters. The minimum atomic E-state index is 0.167. The Bertz CT molecular complexity index is 482. The molecule has 0 heterocycles. The first-order valence-corrected chi connectivity index (χ1v) is 7.32. The van der Waals surface area contributed by atoms with E-state index in [2.05, 4.69) is 55.1 Å². The van der Waals surface area contributed by atoms with Gasteiger partial charge in [0.05, 0.1) is 6.04 Å². The highest BCUT2D eigenvalue weighted by atomic mass is 35.5. The fourth-order valence-corrected chi connectivity index (χ4v) is 2.57. The molecule has 2 nitrogen and oxygen atoms in total. The van der Waals surface area contributed by atoms with E-state index in [0.29, 0.717) is 6.54 Å². The Labute approximate surface area is 126 Å². The third kappa shape index (κ3) is 3.33. The molecule has 0 radical (unpaired) electrons. The van der Waals surface area contributed by atoms with Gasteiger partial charge in [-0.2, -0.15) is 0 Å². The first kappa shape index (κ1) is 14.9. The highest BCUT2D eigenvalue weighted by Gasteiger charge is 2.18. The number of nitrogens with two attached hydrogens (primary N) is 1. The monoisotopic (exact) mass is 288 g/mol. The summed E-state index contributed by atoms with van der Waals surface area (Å²) >= 11 is 5.96. The molecule has 3 heteroatoms. The summed E-state index contributed by atoms with van der Waals surface area (Å²) in [6.45, 7) is 5.73. The molecule has 0 aliphatic heterocycles. The van der Waals surface area contributed by atoms with Gasteiger partial charge in [0.25, 0.3) is 0 Å². The zero-order valence-corrected chi connectivity index (χ0v) is 12.8. The predicted octanol–water partition coefficient (Wildman–Crippen LogP) is 4.17. The first-order valence-electron chi connectivity index (χ1n) is 6.94. The summed E-state index contributed by atoms with van der Waals surface area (Å²) in [5.74, 6) is 0. The Hall–Kier alpha value is -1.51. The van der Waals surface area contributed by atoms with Crippen LogP contribution in [0.1, 0.15) is 24.1 Å². The quantitative estimate of drug-likeness (QED) is 0.894. The fourth-order valence-electron chi connectivity index (χ4n) is 2.45. The van der Waals surface area contributed by atoms with Gasteiger partial charge in [0.1, 0.15) is 0 Å². The first-order chi connectivity index (χ1) is 9.65. The Balaban J connectivity index is 2.32. The molecule has 0 aliphatic carbocycles. The van der Waals surface area contributed by atoms with Gasteiger partial charge in [-0.3, -0.25) is 0 Å². The number of aryl methyl sites for hydroxylation is 1. The van der Waals surface area contributed by atoms with Crippen LogP contribution in [0.15, 0.2) is 48.5 Å². The molecule has 0 spiro atoms. The van der Waals surface area contributed by atoms with Crippen molar-refractivity contribution in [3.05, 3.63) is 64.7 Å². The van der Waals surface area contributed by atoms with Gasteiger partial charge in [-0.05, 0) is 43.7 Å². The Morgan fingerprint density at radius 1 is 1.05 bits per heavy atom. The van der Waals surface area contributed by atoms with Crippen LogP contribution in [0.4, 0.5) is 5.69 Å². The summed E-state index contributed by atoms with van der Waals surface area (Å²) in [5, 5.41) is 0.753. The SMILES string of the molecule is CCN(c1ccc(C)cc1)C(CN)c1ccc(Cl)cc1. The molecule has 20 heavy (non-hydrogen) atoms. The normalized spacial score (nSPS) is 12.2. The van der Waals surface area contributed by atoms with E-state index in [-0.39, 0.29) is 6.04 Å². The second-order valence-electron chi connectivity index (χ2n) is 4.92. The number of hydrogen-bond acceptors (Lipinski definition) is 2. The van der Waals surface area contributed by atoms with E-state index in [9.17, 15) is 0 Å². The molecule has 0 aromatic heterocycles. The van der Waals surface area contributed by atoms with Crippen molar-refractivity contribution in [1.82, 2.24) is 0 Å². The van der Waals surface area contributed by atoms with Crippen molar-refractivity contribution in [2.45, 2.75) is 19.9 Å². The number of benzene rings is 2. The summed E-state index contributed by atoms with van der Waals surface area (Å²) in [7, 11) is 0. The van der Waals surface area contributed by atoms with Crippen molar-refractivity contribution in [3.8, 4) is 0 Å². The van der Waals surface area contributed by atoms with Gasteiger partial charge in [-0.25, -0.2) is 0 Å². The van der Waals surface area contributed by atoms with Crippen LogP contribution >= 0.6 is 11.6 Å². The number of likely N-dealkylation sites (N-methyl/N-ethyl adjacent to an activating group) is 1. The van der Waals surface area contributed by atoms with Crippen LogP contribution in [-0.2, 0) is 0 Å². The van der Waals surface area contributed by atoms with E-state index >= 15 is 0 Å². The lowest BCUT2D eigenvalue weighted by molar-refractivity contribution is 0.643. The average Bonchev–Trinajstić information content (AvgIpc) is 2.47. The fraction of sp³-hybridized carbons (Fsp3) is 0.294. The number of nitrogens with zero attached hydrogens (tertiary/aromatic N) is 1. The second kappa shape index (κ2) is 6.78. The summed E-state index contributed by atoms with van der Waals surface area (Å²) < 4.78 is 0. The van der Waals surface area contributed by atoms with Crippen LogP contribution in [0.5, 0.6) is 0 Å². The molecule has 0 aliphatic rings. The van der Waals surface area contributed by atoms with E-state index < -0.39 is 0 Å². The van der Waals surface area contributed by atoms with Gasteiger partial charge in [-0.1, -0.05) is 41.4 Å². The number of halogens is 1. The van der Waals surface area contributed by atoms with Crippen molar-refractivity contribution in [2.24, 2.45) is 5.73 Å². The third-order valence-electron chi connectivity index (χ3n) is 3.56. The summed E-state index contributed by atoms with van der Waals surface area (Å²) in [6.07, 6.45) is 0. The largest absolute Gasteiger partial charge is 0.363 e. The van der Waals surface area contributed by atoms with Crippen molar-refractivity contribution in [1.29, 1.82) is 0 Å². The van der Waals surface area contributed by atoms with E-state index in [1.807, 2.05) is 12.1 Å². The lowest BCUT2D eigenvalue weighted by Gasteiger charge is -2.32. The molecule has 0 amide bonds. The summed E-state index contributed by atoms with van der Waals surface area (Å²) in [4.78, 5) is 2.32. The standard InChI is InChI=1S/C17H21ClN2/c1-3-20(16-10-4-13(2)5-11-16)17(12-19)14-6-8-15(18)9-7-14/h4-11,17H,3,12,19H2,1-2H3. The summed E-state index contributed by atoms with van der Waals surface area (Å²) in [6, 6.07) is 16.7. The Morgan fingerprint density at radius 3 is 2.15 bits per heavy atom. The van der Waals surface area contributed by atoms with Gasteiger partial charge < -0.3 is 10.6 Å². The molecule has 0 saturated heterocycles. The van der Waals surface area contributed by atoms with Gasteiger partial charge in [-0.15, -0.1) is 0 Å². The molecule has 2 rings (SSSR count).